The topological polar surface area (TPSA) is 63.0 Å². The first-order valence-corrected chi connectivity index (χ1v) is 9.85. The summed E-state index contributed by atoms with van der Waals surface area (Å²) in [5.41, 5.74) is 1.01. The van der Waals surface area contributed by atoms with Crippen LogP contribution >= 0.6 is 0 Å². The average Bonchev–Trinajstić information content (AvgIpc) is 3.04. The van der Waals surface area contributed by atoms with Gasteiger partial charge in [0.25, 0.3) is 0 Å². The lowest BCUT2D eigenvalue weighted by molar-refractivity contribution is 0.213. The standard InChI is InChI=1S/C19H29N7/c1-15-18(21-9-8-20-15)26-12-6-16(7-13-26)19-23-22-17(24(19)2)14-25-10-4-3-5-11-25/h8-9,16H,3-7,10-14H2,1-2H3. The second-order valence-corrected chi connectivity index (χ2v) is 7.60. The predicted molar refractivity (Wildman–Crippen MR) is 101 cm³/mol. The molecule has 0 N–H and O–H groups in total. The van der Waals surface area contributed by atoms with Gasteiger partial charge in [-0.2, -0.15) is 0 Å². The maximum atomic E-state index is 4.56. The van der Waals surface area contributed by atoms with Crippen molar-refractivity contribution in [3.63, 3.8) is 0 Å². The predicted octanol–water partition coefficient (Wildman–Crippen LogP) is 2.28. The molecule has 2 saturated heterocycles. The molecule has 2 aromatic rings. The first-order chi connectivity index (χ1) is 12.7. The summed E-state index contributed by atoms with van der Waals surface area (Å²) < 4.78 is 2.24. The molecule has 0 spiro atoms. The molecular weight excluding hydrogens is 326 g/mol. The van der Waals surface area contributed by atoms with Gasteiger partial charge in [0.05, 0.1) is 12.2 Å². The van der Waals surface area contributed by atoms with Crippen LogP contribution in [0.1, 0.15) is 55.4 Å². The molecule has 0 radical (unpaired) electrons. The molecule has 0 saturated carbocycles. The molecule has 0 aliphatic carbocycles. The van der Waals surface area contributed by atoms with Crippen molar-refractivity contribution in [3.05, 3.63) is 29.7 Å². The molecule has 7 heteroatoms. The summed E-state index contributed by atoms with van der Waals surface area (Å²) in [6.07, 6.45) is 9.71. The summed E-state index contributed by atoms with van der Waals surface area (Å²) in [5, 5.41) is 9.07. The van der Waals surface area contributed by atoms with Crippen molar-refractivity contribution >= 4 is 5.82 Å². The highest BCUT2D eigenvalue weighted by Crippen LogP contribution is 2.29. The van der Waals surface area contributed by atoms with Gasteiger partial charge >= 0.3 is 0 Å². The van der Waals surface area contributed by atoms with E-state index >= 15 is 0 Å². The van der Waals surface area contributed by atoms with Crippen molar-refractivity contribution in [2.24, 2.45) is 7.05 Å². The number of aromatic nitrogens is 5. The van der Waals surface area contributed by atoms with E-state index in [4.69, 9.17) is 0 Å². The lowest BCUT2D eigenvalue weighted by Gasteiger charge is -2.32. The summed E-state index contributed by atoms with van der Waals surface area (Å²) in [7, 11) is 2.13. The van der Waals surface area contributed by atoms with Crippen molar-refractivity contribution < 1.29 is 0 Å². The molecule has 0 bridgehead atoms. The van der Waals surface area contributed by atoms with Crippen LogP contribution in [0.4, 0.5) is 5.82 Å². The van der Waals surface area contributed by atoms with Crippen molar-refractivity contribution in [1.82, 2.24) is 29.6 Å². The van der Waals surface area contributed by atoms with Crippen LogP contribution in [0.2, 0.25) is 0 Å². The van der Waals surface area contributed by atoms with Gasteiger partial charge in [-0.25, -0.2) is 4.98 Å². The van der Waals surface area contributed by atoms with Crippen molar-refractivity contribution in [1.29, 1.82) is 0 Å². The Morgan fingerprint density at radius 2 is 1.69 bits per heavy atom. The van der Waals surface area contributed by atoms with Gasteiger partial charge in [0.1, 0.15) is 17.5 Å². The van der Waals surface area contributed by atoms with Crippen LogP contribution in [0.15, 0.2) is 12.4 Å². The number of piperidine rings is 2. The third-order valence-electron chi connectivity index (χ3n) is 5.83. The van der Waals surface area contributed by atoms with E-state index in [1.807, 2.05) is 6.92 Å². The Hall–Kier alpha value is -2.02. The lowest BCUT2D eigenvalue weighted by Crippen LogP contribution is -2.35. The second-order valence-electron chi connectivity index (χ2n) is 7.60. The second kappa shape index (κ2) is 7.70. The number of anilines is 1. The molecule has 7 nitrogen and oxygen atoms in total. The Kier molecular flexibility index (Phi) is 5.15. The van der Waals surface area contributed by atoms with Crippen molar-refractivity contribution in [2.75, 3.05) is 31.1 Å². The fourth-order valence-corrected chi connectivity index (χ4v) is 4.25. The van der Waals surface area contributed by atoms with Gasteiger partial charge in [0.15, 0.2) is 0 Å². The SMILES string of the molecule is Cc1nccnc1N1CCC(c2nnc(CN3CCCCC3)n2C)CC1. The summed E-state index contributed by atoms with van der Waals surface area (Å²) in [6.45, 7) is 7.35. The highest BCUT2D eigenvalue weighted by Gasteiger charge is 2.27. The van der Waals surface area contributed by atoms with E-state index in [9.17, 15) is 0 Å². The highest BCUT2D eigenvalue weighted by molar-refractivity contribution is 5.42. The van der Waals surface area contributed by atoms with E-state index in [0.29, 0.717) is 5.92 Å². The van der Waals surface area contributed by atoms with Gasteiger partial charge in [-0.1, -0.05) is 6.42 Å². The molecule has 2 aliphatic rings. The summed E-state index contributed by atoms with van der Waals surface area (Å²) in [4.78, 5) is 13.7. The third kappa shape index (κ3) is 3.58. The summed E-state index contributed by atoms with van der Waals surface area (Å²) in [6, 6.07) is 0. The molecule has 2 aromatic heterocycles. The van der Waals surface area contributed by atoms with E-state index in [1.54, 1.807) is 12.4 Å². The fourth-order valence-electron chi connectivity index (χ4n) is 4.25. The van der Waals surface area contributed by atoms with Gasteiger partial charge in [-0.3, -0.25) is 9.88 Å². The lowest BCUT2D eigenvalue weighted by atomic mass is 9.96. The highest BCUT2D eigenvalue weighted by atomic mass is 15.3. The first kappa shape index (κ1) is 17.4. The zero-order valence-electron chi connectivity index (χ0n) is 15.9. The van der Waals surface area contributed by atoms with Crippen LogP contribution in [0.25, 0.3) is 0 Å². The molecule has 26 heavy (non-hydrogen) atoms. The largest absolute Gasteiger partial charge is 0.355 e. The average molecular weight is 355 g/mol. The number of aryl methyl sites for hydroxylation is 1. The van der Waals surface area contributed by atoms with Crippen LogP contribution in [0.3, 0.4) is 0 Å². The Morgan fingerprint density at radius 3 is 2.42 bits per heavy atom. The summed E-state index contributed by atoms with van der Waals surface area (Å²) >= 11 is 0. The van der Waals surface area contributed by atoms with E-state index in [2.05, 4.69) is 41.6 Å². The van der Waals surface area contributed by atoms with Gasteiger partial charge in [0, 0.05) is 38.4 Å². The van der Waals surface area contributed by atoms with E-state index in [0.717, 1.165) is 55.6 Å². The van der Waals surface area contributed by atoms with Crippen LogP contribution in [-0.2, 0) is 13.6 Å². The maximum absolute atomic E-state index is 4.56. The number of hydrogen-bond donors (Lipinski definition) is 0. The van der Waals surface area contributed by atoms with Crippen molar-refractivity contribution in [3.8, 4) is 0 Å². The Labute approximate surface area is 155 Å². The number of hydrogen-bond acceptors (Lipinski definition) is 6. The number of rotatable bonds is 4. The Morgan fingerprint density at radius 1 is 0.962 bits per heavy atom. The smallest absolute Gasteiger partial charge is 0.150 e. The molecule has 0 amide bonds. The molecular formula is C19H29N7. The number of nitrogens with zero attached hydrogens (tertiary/aromatic N) is 7. The molecule has 4 rings (SSSR count). The van der Waals surface area contributed by atoms with E-state index < -0.39 is 0 Å². The Balaban J connectivity index is 1.39. The first-order valence-electron chi connectivity index (χ1n) is 9.85. The van der Waals surface area contributed by atoms with Crippen LogP contribution in [0, 0.1) is 6.92 Å². The van der Waals surface area contributed by atoms with Gasteiger partial charge in [-0.15, -0.1) is 10.2 Å². The molecule has 2 aliphatic heterocycles. The van der Waals surface area contributed by atoms with Crippen LogP contribution < -0.4 is 4.90 Å². The normalized spacial score (nSPS) is 19.8. The zero-order valence-corrected chi connectivity index (χ0v) is 15.9. The minimum absolute atomic E-state index is 0.482. The molecule has 0 unspecified atom stereocenters. The molecule has 4 heterocycles. The Bertz CT molecular complexity index is 727. The summed E-state index contributed by atoms with van der Waals surface area (Å²) in [5.74, 6) is 3.76. The molecule has 0 atom stereocenters. The molecule has 0 aromatic carbocycles. The van der Waals surface area contributed by atoms with E-state index in [-0.39, 0.29) is 0 Å². The third-order valence-corrected chi connectivity index (χ3v) is 5.83. The quantitative estimate of drug-likeness (QED) is 0.838. The van der Waals surface area contributed by atoms with E-state index in [1.165, 1.54) is 32.4 Å². The molecule has 140 valence electrons. The van der Waals surface area contributed by atoms with Crippen LogP contribution in [0.5, 0.6) is 0 Å². The zero-order chi connectivity index (χ0) is 17.9. The monoisotopic (exact) mass is 355 g/mol. The maximum Gasteiger partial charge on any atom is 0.150 e. The fraction of sp³-hybridized carbons (Fsp3) is 0.684. The molecule has 2 fully saturated rings. The van der Waals surface area contributed by atoms with Crippen molar-refractivity contribution in [2.45, 2.75) is 51.5 Å². The van der Waals surface area contributed by atoms with Crippen LogP contribution in [-0.4, -0.2) is 55.8 Å². The minimum atomic E-state index is 0.482. The van der Waals surface area contributed by atoms with Gasteiger partial charge < -0.3 is 9.47 Å². The number of likely N-dealkylation sites (tertiary alicyclic amines) is 1. The van der Waals surface area contributed by atoms with Gasteiger partial charge in [-0.05, 0) is 45.7 Å². The van der Waals surface area contributed by atoms with Gasteiger partial charge in [0.2, 0.25) is 0 Å². The minimum Gasteiger partial charge on any atom is -0.355 e.